The van der Waals surface area contributed by atoms with Gasteiger partial charge in [0.25, 0.3) is 0 Å². The summed E-state index contributed by atoms with van der Waals surface area (Å²) in [6, 6.07) is 0.731. The minimum atomic E-state index is 0.731. The molecular weight excluding hydrogens is 148 g/mol. The molecule has 0 aromatic carbocycles. The summed E-state index contributed by atoms with van der Waals surface area (Å²) in [5.41, 5.74) is 0. The SMILES string of the molecule is CCN(C)CC1CCNC(C)C1. The second kappa shape index (κ2) is 4.83. The summed E-state index contributed by atoms with van der Waals surface area (Å²) in [6.07, 6.45) is 2.71. The fourth-order valence-corrected chi connectivity index (χ4v) is 1.97. The third-order valence-electron chi connectivity index (χ3n) is 2.84. The van der Waals surface area contributed by atoms with Crippen LogP contribution in [-0.2, 0) is 0 Å². The zero-order chi connectivity index (χ0) is 8.97. The van der Waals surface area contributed by atoms with Crippen molar-refractivity contribution in [2.24, 2.45) is 5.92 Å². The van der Waals surface area contributed by atoms with E-state index in [1.54, 1.807) is 0 Å². The second-order valence-corrected chi connectivity index (χ2v) is 4.10. The summed E-state index contributed by atoms with van der Waals surface area (Å²) in [6.45, 7) is 8.19. The van der Waals surface area contributed by atoms with Crippen LogP contribution in [0.15, 0.2) is 0 Å². The van der Waals surface area contributed by atoms with E-state index < -0.39 is 0 Å². The number of piperidine rings is 1. The maximum Gasteiger partial charge on any atom is 0.00418 e. The third-order valence-corrected chi connectivity index (χ3v) is 2.84. The first kappa shape index (κ1) is 10.0. The molecule has 1 heterocycles. The minimum absolute atomic E-state index is 0.731. The Balaban J connectivity index is 2.22. The fourth-order valence-electron chi connectivity index (χ4n) is 1.97. The summed E-state index contributed by atoms with van der Waals surface area (Å²) >= 11 is 0. The molecule has 2 atom stereocenters. The van der Waals surface area contributed by atoms with E-state index in [9.17, 15) is 0 Å². The van der Waals surface area contributed by atoms with Gasteiger partial charge in [0.05, 0.1) is 0 Å². The third kappa shape index (κ3) is 3.11. The molecular formula is C10H22N2. The molecule has 1 aliphatic rings. The molecule has 0 aromatic rings. The number of rotatable bonds is 3. The van der Waals surface area contributed by atoms with Crippen LogP contribution in [0, 0.1) is 5.92 Å². The molecule has 2 nitrogen and oxygen atoms in total. The Morgan fingerprint density at radius 3 is 2.83 bits per heavy atom. The van der Waals surface area contributed by atoms with Gasteiger partial charge in [-0.25, -0.2) is 0 Å². The van der Waals surface area contributed by atoms with Crippen LogP contribution in [-0.4, -0.2) is 37.6 Å². The lowest BCUT2D eigenvalue weighted by atomic mass is 9.93. The van der Waals surface area contributed by atoms with E-state index in [1.165, 1.54) is 32.5 Å². The molecule has 0 saturated carbocycles. The van der Waals surface area contributed by atoms with Gasteiger partial charge < -0.3 is 10.2 Å². The maximum atomic E-state index is 3.48. The Labute approximate surface area is 76.3 Å². The van der Waals surface area contributed by atoms with Gasteiger partial charge in [0.2, 0.25) is 0 Å². The van der Waals surface area contributed by atoms with E-state index in [1.807, 2.05) is 0 Å². The monoisotopic (exact) mass is 170 g/mol. The molecule has 1 aliphatic heterocycles. The zero-order valence-electron chi connectivity index (χ0n) is 8.64. The highest BCUT2D eigenvalue weighted by molar-refractivity contribution is 4.76. The zero-order valence-corrected chi connectivity index (χ0v) is 8.64. The van der Waals surface area contributed by atoms with E-state index >= 15 is 0 Å². The number of nitrogens with one attached hydrogen (secondary N) is 1. The van der Waals surface area contributed by atoms with Crippen LogP contribution < -0.4 is 5.32 Å². The van der Waals surface area contributed by atoms with Crippen molar-refractivity contribution in [1.82, 2.24) is 10.2 Å². The normalized spacial score (nSPS) is 31.0. The van der Waals surface area contributed by atoms with Crippen LogP contribution >= 0.6 is 0 Å². The molecule has 72 valence electrons. The van der Waals surface area contributed by atoms with Gasteiger partial charge in [-0.1, -0.05) is 6.92 Å². The van der Waals surface area contributed by atoms with Crippen molar-refractivity contribution in [2.75, 3.05) is 26.7 Å². The summed E-state index contributed by atoms with van der Waals surface area (Å²) in [5, 5.41) is 3.48. The Hall–Kier alpha value is -0.0800. The minimum Gasteiger partial charge on any atom is -0.314 e. The van der Waals surface area contributed by atoms with E-state index in [2.05, 4.69) is 31.1 Å². The average Bonchev–Trinajstić information content (AvgIpc) is 2.04. The van der Waals surface area contributed by atoms with Crippen molar-refractivity contribution in [2.45, 2.75) is 32.7 Å². The maximum absolute atomic E-state index is 3.48. The number of nitrogens with zero attached hydrogens (tertiary/aromatic N) is 1. The van der Waals surface area contributed by atoms with Crippen LogP contribution in [0.3, 0.4) is 0 Å². The van der Waals surface area contributed by atoms with Gasteiger partial charge >= 0.3 is 0 Å². The van der Waals surface area contributed by atoms with Gasteiger partial charge in [0, 0.05) is 12.6 Å². The van der Waals surface area contributed by atoms with E-state index in [-0.39, 0.29) is 0 Å². The van der Waals surface area contributed by atoms with Crippen LogP contribution in [0.2, 0.25) is 0 Å². The molecule has 2 heteroatoms. The quantitative estimate of drug-likeness (QED) is 0.687. The van der Waals surface area contributed by atoms with Crippen LogP contribution in [0.1, 0.15) is 26.7 Å². The van der Waals surface area contributed by atoms with E-state index in [0.717, 1.165) is 12.0 Å². The van der Waals surface area contributed by atoms with Gasteiger partial charge in [-0.15, -0.1) is 0 Å². The summed E-state index contributed by atoms with van der Waals surface area (Å²) in [4.78, 5) is 2.42. The molecule has 0 aliphatic carbocycles. The molecule has 1 saturated heterocycles. The summed E-state index contributed by atoms with van der Waals surface area (Å²) < 4.78 is 0. The highest BCUT2D eigenvalue weighted by atomic mass is 15.1. The van der Waals surface area contributed by atoms with Crippen molar-refractivity contribution >= 4 is 0 Å². The first-order chi connectivity index (χ1) is 5.72. The standard InChI is InChI=1S/C10H22N2/c1-4-12(3)8-10-5-6-11-9(2)7-10/h9-11H,4-8H2,1-3H3. The molecule has 0 aromatic heterocycles. The smallest absolute Gasteiger partial charge is 0.00418 e. The second-order valence-electron chi connectivity index (χ2n) is 4.10. The topological polar surface area (TPSA) is 15.3 Å². The molecule has 2 unspecified atom stereocenters. The van der Waals surface area contributed by atoms with Crippen molar-refractivity contribution < 1.29 is 0 Å². The van der Waals surface area contributed by atoms with Crippen molar-refractivity contribution in [3.05, 3.63) is 0 Å². The molecule has 12 heavy (non-hydrogen) atoms. The van der Waals surface area contributed by atoms with Crippen molar-refractivity contribution in [3.63, 3.8) is 0 Å². The van der Waals surface area contributed by atoms with Gasteiger partial charge in [-0.05, 0) is 45.8 Å². The Kier molecular flexibility index (Phi) is 4.02. The molecule has 1 N–H and O–H groups in total. The van der Waals surface area contributed by atoms with Gasteiger partial charge in [0.15, 0.2) is 0 Å². The van der Waals surface area contributed by atoms with E-state index in [0.29, 0.717) is 0 Å². The predicted octanol–water partition coefficient (Wildman–Crippen LogP) is 1.33. The van der Waals surface area contributed by atoms with Crippen LogP contribution in [0.25, 0.3) is 0 Å². The van der Waals surface area contributed by atoms with Gasteiger partial charge in [0.1, 0.15) is 0 Å². The summed E-state index contributed by atoms with van der Waals surface area (Å²) in [7, 11) is 2.21. The Morgan fingerprint density at radius 2 is 2.25 bits per heavy atom. The Bertz CT molecular complexity index is 125. The predicted molar refractivity (Wildman–Crippen MR) is 53.4 cm³/mol. The lowest BCUT2D eigenvalue weighted by molar-refractivity contribution is 0.226. The van der Waals surface area contributed by atoms with Gasteiger partial charge in [-0.2, -0.15) is 0 Å². The average molecular weight is 170 g/mol. The summed E-state index contributed by atoms with van der Waals surface area (Å²) in [5.74, 6) is 0.922. The lowest BCUT2D eigenvalue weighted by Gasteiger charge is -2.30. The molecule has 0 spiro atoms. The molecule has 0 bridgehead atoms. The molecule has 0 radical (unpaired) electrons. The largest absolute Gasteiger partial charge is 0.314 e. The van der Waals surface area contributed by atoms with E-state index in [4.69, 9.17) is 0 Å². The molecule has 0 amide bonds. The lowest BCUT2D eigenvalue weighted by Crippen LogP contribution is -2.39. The molecule has 1 fully saturated rings. The first-order valence-corrected chi connectivity index (χ1v) is 5.14. The van der Waals surface area contributed by atoms with Crippen molar-refractivity contribution in [3.8, 4) is 0 Å². The Morgan fingerprint density at radius 1 is 1.50 bits per heavy atom. The van der Waals surface area contributed by atoms with Crippen LogP contribution in [0.5, 0.6) is 0 Å². The molecule has 1 rings (SSSR count). The fraction of sp³-hybridized carbons (Fsp3) is 1.00. The number of hydrogen-bond acceptors (Lipinski definition) is 2. The highest BCUT2D eigenvalue weighted by Crippen LogP contribution is 2.16. The first-order valence-electron chi connectivity index (χ1n) is 5.14. The van der Waals surface area contributed by atoms with Crippen molar-refractivity contribution in [1.29, 1.82) is 0 Å². The van der Waals surface area contributed by atoms with Gasteiger partial charge in [-0.3, -0.25) is 0 Å². The number of hydrogen-bond donors (Lipinski definition) is 1. The van der Waals surface area contributed by atoms with Crippen LogP contribution in [0.4, 0.5) is 0 Å². The highest BCUT2D eigenvalue weighted by Gasteiger charge is 2.18.